The highest BCUT2D eigenvalue weighted by molar-refractivity contribution is 5.75. The zero-order valence-electron chi connectivity index (χ0n) is 7.98. The van der Waals surface area contributed by atoms with E-state index >= 15 is 0 Å². The summed E-state index contributed by atoms with van der Waals surface area (Å²) in [5.74, 6) is -2.15. The Balaban J connectivity index is 0.000000249. The average molecular weight is 204 g/mol. The smallest absolute Gasteiger partial charge is 0.303 e. The molecule has 1 rings (SSSR count). The first-order valence-corrected chi connectivity index (χ1v) is 4.64. The van der Waals surface area contributed by atoms with E-state index in [4.69, 9.17) is 15.3 Å². The summed E-state index contributed by atoms with van der Waals surface area (Å²) in [7, 11) is 0. The number of hydrogen-bond donors (Lipinski definition) is 3. The molecule has 5 heteroatoms. The van der Waals surface area contributed by atoms with Crippen LogP contribution in [-0.2, 0) is 9.59 Å². The van der Waals surface area contributed by atoms with Crippen molar-refractivity contribution in [3.8, 4) is 0 Å². The van der Waals surface area contributed by atoms with Gasteiger partial charge in [0.2, 0.25) is 0 Å². The molecule has 0 atom stereocenters. The SMILES string of the molecule is O=C(O)CCC(=O)O.OC1CCCC1. The Labute approximate surface area is 82.4 Å². The third-order valence-electron chi connectivity index (χ3n) is 1.88. The second-order valence-corrected chi connectivity index (χ2v) is 3.23. The van der Waals surface area contributed by atoms with Gasteiger partial charge in [-0.25, -0.2) is 0 Å². The largest absolute Gasteiger partial charge is 0.481 e. The average Bonchev–Trinajstić information content (AvgIpc) is 2.53. The lowest BCUT2D eigenvalue weighted by atomic mass is 10.3. The third kappa shape index (κ3) is 8.99. The quantitative estimate of drug-likeness (QED) is 0.633. The summed E-state index contributed by atoms with van der Waals surface area (Å²) >= 11 is 0. The number of aliphatic hydroxyl groups excluding tert-OH is 1. The highest BCUT2D eigenvalue weighted by atomic mass is 16.4. The number of rotatable bonds is 3. The van der Waals surface area contributed by atoms with Gasteiger partial charge in [0.15, 0.2) is 0 Å². The first kappa shape index (κ1) is 12.9. The maximum Gasteiger partial charge on any atom is 0.303 e. The van der Waals surface area contributed by atoms with Crippen LogP contribution in [0.5, 0.6) is 0 Å². The lowest BCUT2D eigenvalue weighted by molar-refractivity contribution is -0.143. The van der Waals surface area contributed by atoms with Gasteiger partial charge in [0.1, 0.15) is 0 Å². The van der Waals surface area contributed by atoms with Gasteiger partial charge in [0.05, 0.1) is 18.9 Å². The summed E-state index contributed by atoms with van der Waals surface area (Å²) in [6.07, 6.45) is 4.01. The molecule has 14 heavy (non-hydrogen) atoms. The molecule has 0 radical (unpaired) electrons. The second-order valence-electron chi connectivity index (χ2n) is 3.23. The van der Waals surface area contributed by atoms with Gasteiger partial charge in [-0.3, -0.25) is 9.59 Å². The molecule has 0 aromatic rings. The molecule has 3 N–H and O–H groups in total. The number of carboxylic acids is 2. The maximum atomic E-state index is 9.64. The molecule has 1 fully saturated rings. The first-order chi connectivity index (χ1) is 6.52. The minimum atomic E-state index is -1.08. The van der Waals surface area contributed by atoms with Crippen LogP contribution in [-0.4, -0.2) is 33.4 Å². The van der Waals surface area contributed by atoms with Crippen molar-refractivity contribution < 1.29 is 24.9 Å². The van der Waals surface area contributed by atoms with Crippen molar-refractivity contribution in [1.82, 2.24) is 0 Å². The van der Waals surface area contributed by atoms with E-state index in [2.05, 4.69) is 0 Å². The van der Waals surface area contributed by atoms with Gasteiger partial charge in [-0.2, -0.15) is 0 Å². The molecule has 82 valence electrons. The van der Waals surface area contributed by atoms with Crippen LogP contribution in [0.3, 0.4) is 0 Å². The zero-order valence-corrected chi connectivity index (χ0v) is 7.98. The molecule has 1 aliphatic carbocycles. The minimum Gasteiger partial charge on any atom is -0.481 e. The molecule has 0 aliphatic heterocycles. The van der Waals surface area contributed by atoms with Gasteiger partial charge in [-0.15, -0.1) is 0 Å². The van der Waals surface area contributed by atoms with E-state index in [-0.39, 0.29) is 18.9 Å². The van der Waals surface area contributed by atoms with Crippen molar-refractivity contribution in [3.05, 3.63) is 0 Å². The number of hydrogen-bond acceptors (Lipinski definition) is 3. The molecule has 1 aliphatic rings. The van der Waals surface area contributed by atoms with E-state index < -0.39 is 11.9 Å². The summed E-state index contributed by atoms with van der Waals surface area (Å²) < 4.78 is 0. The lowest BCUT2D eigenvalue weighted by Crippen LogP contribution is -2.00. The van der Waals surface area contributed by atoms with Crippen molar-refractivity contribution in [2.45, 2.75) is 44.6 Å². The molecule has 0 unspecified atom stereocenters. The summed E-state index contributed by atoms with van der Waals surface area (Å²) in [4.78, 5) is 19.3. The Morgan fingerprint density at radius 2 is 1.36 bits per heavy atom. The molecular weight excluding hydrogens is 188 g/mol. The van der Waals surface area contributed by atoms with Crippen LogP contribution in [0, 0.1) is 0 Å². The Kier molecular flexibility index (Phi) is 6.74. The standard InChI is InChI=1S/C5H10O.C4H6O4/c6-5-3-1-2-4-5;5-3(6)1-2-4(7)8/h5-6H,1-4H2;1-2H2,(H,5,6)(H,7,8). The molecule has 0 saturated heterocycles. The van der Waals surface area contributed by atoms with E-state index in [0.717, 1.165) is 12.8 Å². The fourth-order valence-electron chi connectivity index (χ4n) is 1.12. The first-order valence-electron chi connectivity index (χ1n) is 4.64. The normalized spacial score (nSPS) is 15.8. The van der Waals surface area contributed by atoms with Crippen LogP contribution in [0.15, 0.2) is 0 Å². The molecular formula is C9H16O5. The third-order valence-corrected chi connectivity index (χ3v) is 1.88. The summed E-state index contributed by atoms with van der Waals surface area (Å²) in [5.41, 5.74) is 0. The minimum absolute atomic E-state index is 0.0463. The van der Waals surface area contributed by atoms with Gasteiger partial charge in [0.25, 0.3) is 0 Å². The van der Waals surface area contributed by atoms with Crippen LogP contribution in [0.4, 0.5) is 0 Å². The van der Waals surface area contributed by atoms with Crippen LogP contribution < -0.4 is 0 Å². The molecule has 5 nitrogen and oxygen atoms in total. The number of carboxylic acid groups (broad SMARTS) is 2. The Bertz CT molecular complexity index is 170. The van der Waals surface area contributed by atoms with Gasteiger partial charge >= 0.3 is 11.9 Å². The predicted octanol–water partition coefficient (Wildman–Crippen LogP) is 0.857. The summed E-state index contributed by atoms with van der Waals surface area (Å²) in [5, 5.41) is 24.5. The Hall–Kier alpha value is -1.10. The molecule has 0 aromatic carbocycles. The topological polar surface area (TPSA) is 94.8 Å². The van der Waals surface area contributed by atoms with Crippen molar-refractivity contribution in [1.29, 1.82) is 0 Å². The zero-order chi connectivity index (χ0) is 11.0. The number of carbonyl (C=O) groups is 2. The molecule has 0 aromatic heterocycles. The fourth-order valence-corrected chi connectivity index (χ4v) is 1.12. The van der Waals surface area contributed by atoms with Crippen molar-refractivity contribution in [3.63, 3.8) is 0 Å². The van der Waals surface area contributed by atoms with E-state index in [0.29, 0.717) is 0 Å². The second kappa shape index (κ2) is 7.32. The van der Waals surface area contributed by atoms with Crippen molar-refractivity contribution in [2.24, 2.45) is 0 Å². The number of aliphatic carboxylic acids is 2. The maximum absolute atomic E-state index is 9.64. The summed E-state index contributed by atoms with van der Waals surface area (Å²) in [6.45, 7) is 0. The molecule has 1 saturated carbocycles. The van der Waals surface area contributed by atoms with E-state index in [1.165, 1.54) is 12.8 Å². The van der Waals surface area contributed by atoms with Gasteiger partial charge in [0, 0.05) is 0 Å². The van der Waals surface area contributed by atoms with Crippen LogP contribution >= 0.6 is 0 Å². The van der Waals surface area contributed by atoms with Crippen LogP contribution in [0.2, 0.25) is 0 Å². The monoisotopic (exact) mass is 204 g/mol. The molecule has 0 amide bonds. The van der Waals surface area contributed by atoms with E-state index in [1.54, 1.807) is 0 Å². The van der Waals surface area contributed by atoms with Crippen molar-refractivity contribution >= 4 is 11.9 Å². The lowest BCUT2D eigenvalue weighted by Gasteiger charge is -1.91. The van der Waals surface area contributed by atoms with Crippen LogP contribution in [0.1, 0.15) is 38.5 Å². The Morgan fingerprint density at radius 1 is 1.00 bits per heavy atom. The Morgan fingerprint density at radius 3 is 1.50 bits per heavy atom. The fraction of sp³-hybridized carbons (Fsp3) is 0.778. The van der Waals surface area contributed by atoms with Gasteiger partial charge in [-0.1, -0.05) is 12.8 Å². The molecule has 0 heterocycles. The summed E-state index contributed by atoms with van der Waals surface area (Å²) in [6, 6.07) is 0. The van der Waals surface area contributed by atoms with E-state index in [9.17, 15) is 9.59 Å². The molecule has 0 spiro atoms. The highest BCUT2D eigenvalue weighted by Crippen LogP contribution is 2.16. The van der Waals surface area contributed by atoms with E-state index in [1.807, 2.05) is 0 Å². The molecule has 0 bridgehead atoms. The predicted molar refractivity (Wildman–Crippen MR) is 49.0 cm³/mol. The van der Waals surface area contributed by atoms with Crippen LogP contribution in [0.25, 0.3) is 0 Å². The van der Waals surface area contributed by atoms with Gasteiger partial charge in [-0.05, 0) is 12.8 Å². The van der Waals surface area contributed by atoms with Crippen molar-refractivity contribution in [2.75, 3.05) is 0 Å². The van der Waals surface area contributed by atoms with Gasteiger partial charge < -0.3 is 15.3 Å². The number of aliphatic hydroxyl groups is 1. The highest BCUT2D eigenvalue weighted by Gasteiger charge is 2.09.